The van der Waals surface area contributed by atoms with E-state index in [-0.39, 0.29) is 12.1 Å². The van der Waals surface area contributed by atoms with Gasteiger partial charge in [-0.3, -0.25) is 0 Å². The minimum Gasteiger partial charge on any atom is -0.345 e. The molecule has 1 atom stereocenters. The first-order valence-corrected chi connectivity index (χ1v) is 10.7. The van der Waals surface area contributed by atoms with Crippen molar-refractivity contribution in [2.45, 2.75) is 46.8 Å². The van der Waals surface area contributed by atoms with Crippen molar-refractivity contribution in [2.24, 2.45) is 5.92 Å². The lowest BCUT2D eigenvalue weighted by Gasteiger charge is -2.32. The summed E-state index contributed by atoms with van der Waals surface area (Å²) in [4.78, 5) is 15.1. The molecule has 0 spiro atoms. The number of nitrogens with one attached hydrogen (secondary N) is 1. The number of hydrogen-bond donors (Lipinski definition) is 1. The maximum Gasteiger partial charge on any atom is 0.322 e. The van der Waals surface area contributed by atoms with Gasteiger partial charge in [0.05, 0.1) is 6.54 Å². The molecular formula is C25H30ClN3O. The van der Waals surface area contributed by atoms with E-state index in [1.165, 1.54) is 11.1 Å². The molecular weight excluding hydrogens is 394 g/mol. The van der Waals surface area contributed by atoms with Crippen molar-refractivity contribution in [3.63, 3.8) is 0 Å². The van der Waals surface area contributed by atoms with Crippen LogP contribution in [0.1, 0.15) is 37.6 Å². The second-order valence-electron chi connectivity index (χ2n) is 8.17. The van der Waals surface area contributed by atoms with Crippen molar-refractivity contribution in [1.29, 1.82) is 0 Å². The quantitative estimate of drug-likeness (QED) is 0.458. The van der Waals surface area contributed by atoms with Crippen LogP contribution in [-0.2, 0) is 13.1 Å². The van der Waals surface area contributed by atoms with Gasteiger partial charge in [-0.15, -0.1) is 0 Å². The van der Waals surface area contributed by atoms with Crippen LogP contribution in [-0.4, -0.2) is 21.5 Å². The monoisotopic (exact) mass is 423 g/mol. The Balaban J connectivity index is 1.79. The van der Waals surface area contributed by atoms with Gasteiger partial charge < -0.3 is 14.8 Å². The number of carbonyl (C=O) groups excluding carboxylic acids is 1. The van der Waals surface area contributed by atoms with Crippen LogP contribution in [0.25, 0.3) is 0 Å². The number of halogens is 1. The van der Waals surface area contributed by atoms with Crippen molar-refractivity contribution in [3.05, 3.63) is 88.7 Å². The van der Waals surface area contributed by atoms with Crippen molar-refractivity contribution < 1.29 is 4.79 Å². The highest BCUT2D eigenvalue weighted by Crippen LogP contribution is 2.20. The predicted octanol–water partition coefficient (Wildman–Crippen LogP) is 6.58. The number of benzene rings is 2. The highest BCUT2D eigenvalue weighted by atomic mass is 35.5. The lowest BCUT2D eigenvalue weighted by Crippen LogP contribution is -2.43. The fourth-order valence-corrected chi connectivity index (χ4v) is 3.54. The Morgan fingerprint density at radius 2 is 1.80 bits per heavy atom. The van der Waals surface area contributed by atoms with E-state index in [9.17, 15) is 4.79 Å². The summed E-state index contributed by atoms with van der Waals surface area (Å²) in [5.74, 6) is 0.334. The fourth-order valence-electron chi connectivity index (χ4n) is 3.42. The second-order valence-corrected chi connectivity index (χ2v) is 8.60. The van der Waals surface area contributed by atoms with E-state index in [4.69, 9.17) is 11.6 Å². The van der Waals surface area contributed by atoms with Crippen LogP contribution in [0.15, 0.2) is 66.9 Å². The highest BCUT2D eigenvalue weighted by molar-refractivity contribution is 6.30. The summed E-state index contributed by atoms with van der Waals surface area (Å²) in [6, 6.07) is 19.8. The molecule has 0 saturated heterocycles. The minimum atomic E-state index is -0.109. The number of amides is 2. The molecule has 1 heterocycles. The Bertz CT molecular complexity index is 978. The molecule has 2 amide bonds. The van der Waals surface area contributed by atoms with Gasteiger partial charge in [0.1, 0.15) is 0 Å². The standard InChI is InChI=1S/C25H30ClN3O/c1-18(2)20(4)29(25(30)27-23-12-10-22(26)11-13-23)17-24-9-6-14-28(24)16-21-8-5-7-19(3)15-21/h5-15,18,20H,16-17H2,1-4H3,(H,27,30). The van der Waals surface area contributed by atoms with Crippen molar-refractivity contribution in [2.75, 3.05) is 5.32 Å². The Kier molecular flexibility index (Phi) is 7.22. The van der Waals surface area contributed by atoms with Gasteiger partial charge >= 0.3 is 6.03 Å². The van der Waals surface area contributed by atoms with E-state index in [0.29, 0.717) is 17.5 Å². The third-order valence-electron chi connectivity index (χ3n) is 5.50. The summed E-state index contributed by atoms with van der Waals surface area (Å²) in [6.07, 6.45) is 2.08. The molecule has 0 aliphatic heterocycles. The molecule has 0 aliphatic rings. The molecule has 1 aromatic heterocycles. The first-order chi connectivity index (χ1) is 14.3. The fraction of sp³-hybridized carbons (Fsp3) is 0.320. The number of aromatic nitrogens is 1. The molecule has 0 bridgehead atoms. The van der Waals surface area contributed by atoms with E-state index in [1.807, 2.05) is 23.1 Å². The van der Waals surface area contributed by atoms with Crippen LogP contribution in [0.5, 0.6) is 0 Å². The molecule has 1 N–H and O–H groups in total. The Morgan fingerprint density at radius 1 is 1.07 bits per heavy atom. The van der Waals surface area contributed by atoms with Gasteiger partial charge in [0.2, 0.25) is 0 Å². The summed E-state index contributed by atoms with van der Waals surface area (Å²) in [5, 5.41) is 3.66. The molecule has 0 saturated carbocycles. The topological polar surface area (TPSA) is 37.3 Å². The van der Waals surface area contributed by atoms with E-state index >= 15 is 0 Å². The molecule has 0 fully saturated rings. The number of rotatable bonds is 7. The third-order valence-corrected chi connectivity index (χ3v) is 5.76. The van der Waals surface area contributed by atoms with Gasteiger partial charge in [0.15, 0.2) is 0 Å². The van der Waals surface area contributed by atoms with Gasteiger partial charge in [0.25, 0.3) is 0 Å². The lowest BCUT2D eigenvalue weighted by molar-refractivity contribution is 0.168. The van der Waals surface area contributed by atoms with Crippen LogP contribution in [0.4, 0.5) is 10.5 Å². The Labute approximate surface area is 184 Å². The largest absolute Gasteiger partial charge is 0.345 e. The molecule has 3 aromatic rings. The molecule has 158 valence electrons. The zero-order valence-corrected chi connectivity index (χ0v) is 18.9. The number of urea groups is 1. The zero-order valence-electron chi connectivity index (χ0n) is 18.1. The molecule has 1 unspecified atom stereocenters. The lowest BCUT2D eigenvalue weighted by atomic mass is 10.0. The summed E-state index contributed by atoms with van der Waals surface area (Å²) >= 11 is 5.97. The molecule has 0 radical (unpaired) electrons. The van der Waals surface area contributed by atoms with Crippen molar-refractivity contribution in [3.8, 4) is 0 Å². The summed E-state index contributed by atoms with van der Waals surface area (Å²) in [7, 11) is 0. The number of hydrogen-bond acceptors (Lipinski definition) is 1. The number of carbonyl (C=O) groups is 1. The van der Waals surface area contributed by atoms with Crippen LogP contribution < -0.4 is 5.32 Å². The van der Waals surface area contributed by atoms with E-state index < -0.39 is 0 Å². The Hall–Kier alpha value is -2.72. The van der Waals surface area contributed by atoms with Crippen LogP contribution >= 0.6 is 11.6 Å². The average molecular weight is 424 g/mol. The average Bonchev–Trinajstić information content (AvgIpc) is 3.14. The van der Waals surface area contributed by atoms with Crippen molar-refractivity contribution >= 4 is 23.3 Å². The molecule has 30 heavy (non-hydrogen) atoms. The first-order valence-electron chi connectivity index (χ1n) is 10.4. The van der Waals surface area contributed by atoms with Crippen LogP contribution in [0, 0.1) is 12.8 Å². The molecule has 5 heteroatoms. The van der Waals surface area contributed by atoms with Gasteiger partial charge in [-0.25, -0.2) is 4.79 Å². The predicted molar refractivity (Wildman–Crippen MR) is 125 cm³/mol. The molecule has 0 aliphatic carbocycles. The zero-order chi connectivity index (χ0) is 21.7. The molecule has 4 nitrogen and oxygen atoms in total. The maximum absolute atomic E-state index is 13.2. The first kappa shape index (κ1) is 22.0. The number of anilines is 1. The number of nitrogens with zero attached hydrogens (tertiary/aromatic N) is 2. The highest BCUT2D eigenvalue weighted by Gasteiger charge is 2.24. The van der Waals surface area contributed by atoms with Gasteiger partial charge in [0, 0.05) is 35.2 Å². The summed E-state index contributed by atoms with van der Waals surface area (Å²) < 4.78 is 2.21. The second kappa shape index (κ2) is 9.86. The Morgan fingerprint density at radius 3 is 2.47 bits per heavy atom. The van der Waals surface area contributed by atoms with Gasteiger partial charge in [-0.05, 0) is 61.7 Å². The van der Waals surface area contributed by atoms with E-state index in [2.05, 4.69) is 74.1 Å². The smallest absolute Gasteiger partial charge is 0.322 e. The third kappa shape index (κ3) is 5.67. The SMILES string of the molecule is Cc1cccc(Cn2cccc2CN(C(=O)Nc2ccc(Cl)cc2)C(C)C(C)C)c1. The van der Waals surface area contributed by atoms with Crippen molar-refractivity contribution in [1.82, 2.24) is 9.47 Å². The normalized spacial score (nSPS) is 12.1. The summed E-state index contributed by atoms with van der Waals surface area (Å²) in [6.45, 7) is 9.80. The summed E-state index contributed by atoms with van der Waals surface area (Å²) in [5.41, 5.74) is 4.34. The van der Waals surface area contributed by atoms with E-state index in [0.717, 1.165) is 17.9 Å². The van der Waals surface area contributed by atoms with Crippen LogP contribution in [0.3, 0.4) is 0 Å². The maximum atomic E-state index is 13.2. The molecule has 2 aromatic carbocycles. The van der Waals surface area contributed by atoms with Gasteiger partial charge in [-0.2, -0.15) is 0 Å². The minimum absolute atomic E-state index is 0.0830. The van der Waals surface area contributed by atoms with Crippen LogP contribution in [0.2, 0.25) is 5.02 Å². The van der Waals surface area contributed by atoms with Gasteiger partial charge in [-0.1, -0.05) is 55.3 Å². The molecule has 3 rings (SSSR count). The van der Waals surface area contributed by atoms with E-state index in [1.54, 1.807) is 12.1 Å². The number of aryl methyl sites for hydroxylation is 1.